The van der Waals surface area contributed by atoms with Crippen molar-refractivity contribution in [1.82, 2.24) is 4.65 Å². The maximum Gasteiger partial charge on any atom is 0.502 e. The summed E-state index contributed by atoms with van der Waals surface area (Å²) in [5.74, 6) is 0. The quantitative estimate of drug-likeness (QED) is 0.352. The van der Waals surface area contributed by atoms with Crippen molar-refractivity contribution in [3.8, 4) is 0 Å². The van der Waals surface area contributed by atoms with E-state index in [2.05, 4.69) is 4.65 Å². The van der Waals surface area contributed by atoms with Gasteiger partial charge in [-0.25, -0.2) is 0 Å². The molecule has 0 fully saturated rings. The van der Waals surface area contributed by atoms with E-state index in [1.54, 1.807) is 0 Å². The molecule has 0 aliphatic carbocycles. The lowest BCUT2D eigenvalue weighted by Gasteiger charge is -2.55. The van der Waals surface area contributed by atoms with Crippen LogP contribution in [0.5, 0.6) is 0 Å². The van der Waals surface area contributed by atoms with Crippen LogP contribution in [0.1, 0.15) is 83.1 Å². The molecule has 8 heteroatoms. The summed E-state index contributed by atoms with van der Waals surface area (Å²) in [7, 11) is -11.9. The third-order valence-electron chi connectivity index (χ3n) is 5.06. The molecule has 1 N–H and O–H groups in total. The average molecular weight is 416 g/mol. The summed E-state index contributed by atoms with van der Waals surface area (Å²) in [6.45, 7) is 21.8. The first-order valence-corrected chi connectivity index (χ1v) is 15.0. The van der Waals surface area contributed by atoms with E-state index >= 15 is 4.11 Å². The van der Waals surface area contributed by atoms with Crippen molar-refractivity contribution in [3.63, 3.8) is 0 Å². The predicted molar refractivity (Wildman–Crippen MR) is 110 cm³/mol. The van der Waals surface area contributed by atoms with Crippen LogP contribution in [0, 0.1) is 0 Å². The van der Waals surface area contributed by atoms with Crippen LogP contribution in [0.15, 0.2) is 0 Å². The minimum atomic E-state index is -4.76. The molecular formula is C17H40F3NOSi3. The summed E-state index contributed by atoms with van der Waals surface area (Å²) < 4.78 is 55.1. The van der Waals surface area contributed by atoms with Gasteiger partial charge in [-0.3, -0.25) is 17.0 Å². The molecule has 0 spiro atoms. The van der Waals surface area contributed by atoms with E-state index in [9.17, 15) is 8.22 Å². The number of halogens is 3. The Balaban J connectivity index is 6.52. The minimum absolute atomic E-state index is 0.291. The summed E-state index contributed by atoms with van der Waals surface area (Å²) in [6, 6.07) is 0. The van der Waals surface area contributed by atoms with Crippen LogP contribution in [-0.4, -0.2) is 26.0 Å². The highest BCUT2D eigenvalue weighted by atomic mass is 28.5. The molecule has 0 heterocycles. The van der Waals surface area contributed by atoms with Crippen molar-refractivity contribution >= 4 is 26.0 Å². The Labute approximate surface area is 157 Å². The molecule has 0 saturated heterocycles. The smallest absolute Gasteiger partial charge is 0.420 e. The predicted octanol–water partition coefficient (Wildman–Crippen LogP) is 7.15. The van der Waals surface area contributed by atoms with E-state index in [0.29, 0.717) is 0 Å². The number of nitrogens with one attached hydrogen (secondary N) is 1. The highest BCUT2D eigenvalue weighted by molar-refractivity contribution is 6.93. The fourth-order valence-corrected chi connectivity index (χ4v) is 19.8. The summed E-state index contributed by atoms with van der Waals surface area (Å²) >= 11 is 0. The lowest BCUT2D eigenvalue weighted by Crippen LogP contribution is -2.75. The second-order valence-corrected chi connectivity index (χ2v) is 22.5. The number of rotatable bonds is 7. The van der Waals surface area contributed by atoms with E-state index in [1.807, 2.05) is 69.2 Å². The van der Waals surface area contributed by atoms with Crippen LogP contribution < -0.4 is 4.65 Å². The summed E-state index contributed by atoms with van der Waals surface area (Å²) in [6.07, 6.45) is 0. The van der Waals surface area contributed by atoms with Crippen molar-refractivity contribution in [2.75, 3.05) is 0 Å². The Kier molecular flexibility index (Phi) is 7.88. The normalized spacial score (nSPS) is 15.6. The monoisotopic (exact) mass is 415 g/mol. The molecule has 0 aromatic carbocycles. The van der Waals surface area contributed by atoms with Crippen LogP contribution >= 0.6 is 0 Å². The minimum Gasteiger partial charge on any atom is -0.420 e. The molecule has 0 atom stereocenters. The molecule has 0 unspecified atom stereocenters. The van der Waals surface area contributed by atoms with Gasteiger partial charge in [0.15, 0.2) is 0 Å². The van der Waals surface area contributed by atoms with Crippen molar-refractivity contribution in [2.24, 2.45) is 0 Å². The molecule has 0 radical (unpaired) electrons. The Bertz CT molecular complexity index is 421. The Morgan fingerprint density at radius 2 is 1.00 bits per heavy atom. The fourth-order valence-electron chi connectivity index (χ4n) is 3.35. The van der Waals surface area contributed by atoms with Crippen molar-refractivity contribution in [1.29, 1.82) is 0 Å². The third-order valence-corrected chi connectivity index (χ3v) is 19.1. The standard InChI is InChI=1S/C17H40F3NOSi3/c1-13(2)23(18,14(3)4)22-25(16(7,8)9,17(10,11)12)21-24(19,20)15(5)6/h13-15,21H,1-12H3. The third kappa shape index (κ3) is 5.21. The average Bonchev–Trinajstić information content (AvgIpc) is 2.33. The van der Waals surface area contributed by atoms with Gasteiger partial charge in [-0.15, -0.1) is 0 Å². The van der Waals surface area contributed by atoms with Gasteiger partial charge in [0.1, 0.15) is 0 Å². The molecule has 0 saturated carbocycles. The first kappa shape index (κ1) is 25.4. The van der Waals surface area contributed by atoms with Gasteiger partial charge >= 0.3 is 17.6 Å². The van der Waals surface area contributed by atoms with Gasteiger partial charge in [-0.2, -0.15) is 0 Å². The van der Waals surface area contributed by atoms with Gasteiger partial charge < -0.3 is 4.12 Å². The molecule has 25 heavy (non-hydrogen) atoms. The SMILES string of the molecule is CC(C)[Si](F)(F)N[Si](O[Si](F)(C(C)C)C(C)C)(C(C)(C)C)C(C)(C)C. The Morgan fingerprint density at radius 1 is 0.680 bits per heavy atom. The van der Waals surface area contributed by atoms with Crippen LogP contribution in [-0.2, 0) is 4.12 Å². The van der Waals surface area contributed by atoms with Gasteiger partial charge in [0.05, 0.1) is 0 Å². The van der Waals surface area contributed by atoms with Crippen LogP contribution in [0.25, 0.3) is 0 Å². The van der Waals surface area contributed by atoms with E-state index in [-0.39, 0.29) is 11.1 Å². The van der Waals surface area contributed by atoms with E-state index < -0.39 is 41.7 Å². The molecular weight excluding hydrogens is 375 g/mol. The van der Waals surface area contributed by atoms with Gasteiger partial charge in [-0.05, 0) is 10.1 Å². The molecule has 0 aromatic heterocycles. The van der Waals surface area contributed by atoms with Gasteiger partial charge in [0.2, 0.25) is 0 Å². The lowest BCUT2D eigenvalue weighted by molar-refractivity contribution is 0.338. The molecule has 0 aromatic rings. The fraction of sp³-hybridized carbons (Fsp3) is 1.00. The second-order valence-electron chi connectivity index (χ2n) is 10.2. The van der Waals surface area contributed by atoms with E-state index in [4.69, 9.17) is 4.12 Å². The summed E-state index contributed by atoms with van der Waals surface area (Å²) in [4.78, 5) is 0. The molecule has 0 rings (SSSR count). The number of hydrogen-bond donors (Lipinski definition) is 1. The van der Waals surface area contributed by atoms with E-state index in [0.717, 1.165) is 0 Å². The summed E-state index contributed by atoms with van der Waals surface area (Å²) in [5.41, 5.74) is -1.35. The second kappa shape index (κ2) is 7.77. The molecule has 2 nitrogen and oxygen atoms in total. The Hall–Kier alpha value is 0.361. The van der Waals surface area contributed by atoms with Crippen molar-refractivity contribution < 1.29 is 16.4 Å². The zero-order valence-electron chi connectivity index (χ0n) is 18.3. The first-order valence-electron chi connectivity index (χ1n) is 9.31. The van der Waals surface area contributed by atoms with Crippen LogP contribution in [0.4, 0.5) is 12.3 Å². The van der Waals surface area contributed by atoms with Crippen LogP contribution in [0.3, 0.4) is 0 Å². The van der Waals surface area contributed by atoms with Crippen LogP contribution in [0.2, 0.25) is 26.7 Å². The van der Waals surface area contributed by atoms with Gasteiger partial charge in [0.25, 0.3) is 8.48 Å². The maximum absolute atomic E-state index is 16.1. The largest absolute Gasteiger partial charge is 0.502 e. The lowest BCUT2D eigenvalue weighted by atomic mass is 10.2. The van der Waals surface area contributed by atoms with Gasteiger partial charge in [0, 0.05) is 16.6 Å². The Morgan fingerprint density at radius 3 is 1.20 bits per heavy atom. The molecule has 0 aliphatic heterocycles. The molecule has 0 bridgehead atoms. The van der Waals surface area contributed by atoms with Crippen molar-refractivity contribution in [2.45, 2.75) is 110 Å². The molecule has 152 valence electrons. The van der Waals surface area contributed by atoms with E-state index in [1.165, 1.54) is 13.8 Å². The van der Waals surface area contributed by atoms with Gasteiger partial charge in [-0.1, -0.05) is 83.1 Å². The maximum atomic E-state index is 16.1. The first-order chi connectivity index (χ1) is 10.7. The zero-order chi connectivity index (χ0) is 20.6. The molecule has 0 aliphatic rings. The highest BCUT2D eigenvalue weighted by Gasteiger charge is 2.65. The molecule has 0 amide bonds. The topological polar surface area (TPSA) is 21.3 Å². The van der Waals surface area contributed by atoms with Crippen molar-refractivity contribution in [3.05, 3.63) is 0 Å². The number of hydrogen-bond acceptors (Lipinski definition) is 2. The highest BCUT2D eigenvalue weighted by Crippen LogP contribution is 2.54. The summed E-state index contributed by atoms with van der Waals surface area (Å²) in [5, 5.41) is -1.16. The zero-order valence-corrected chi connectivity index (χ0v) is 21.3.